The number of nitrogens with zero attached hydrogens (tertiary/aromatic N) is 4. The summed E-state index contributed by atoms with van der Waals surface area (Å²) in [6.45, 7) is 1.27. The predicted octanol–water partition coefficient (Wildman–Crippen LogP) is 3.69. The number of aromatic amines is 1. The predicted molar refractivity (Wildman–Crippen MR) is 116 cm³/mol. The van der Waals surface area contributed by atoms with Gasteiger partial charge in [-0.3, -0.25) is 0 Å². The van der Waals surface area contributed by atoms with Gasteiger partial charge < -0.3 is 21.4 Å². The molecule has 29 heavy (non-hydrogen) atoms. The second-order valence-electron chi connectivity index (χ2n) is 6.23. The van der Waals surface area contributed by atoms with Crippen molar-refractivity contribution < 1.29 is 0 Å². The number of hydrogen-bond acceptors (Lipinski definition) is 7. The van der Waals surface area contributed by atoms with Gasteiger partial charge in [0.1, 0.15) is 11.6 Å². The number of imidazole rings is 1. The molecule has 0 saturated carbocycles. The van der Waals surface area contributed by atoms with Gasteiger partial charge in [0.15, 0.2) is 0 Å². The summed E-state index contributed by atoms with van der Waals surface area (Å²) in [5.41, 5.74) is 8.78. The van der Waals surface area contributed by atoms with Gasteiger partial charge in [0.25, 0.3) is 0 Å². The van der Waals surface area contributed by atoms with Gasteiger partial charge in [-0.1, -0.05) is 23.7 Å². The SMILES string of the molecule is Nc1ccc(NCCNc2ncc(-c3ncc[nH]3)c(-c3ccc(Cl)cc3)n2)nc1. The molecule has 3 heterocycles. The summed E-state index contributed by atoms with van der Waals surface area (Å²) in [6.07, 6.45) is 6.84. The van der Waals surface area contributed by atoms with Crippen molar-refractivity contribution in [1.82, 2.24) is 24.9 Å². The average Bonchev–Trinajstić information content (AvgIpc) is 3.28. The number of halogens is 1. The van der Waals surface area contributed by atoms with Gasteiger partial charge in [-0.15, -0.1) is 0 Å². The van der Waals surface area contributed by atoms with Crippen molar-refractivity contribution in [2.45, 2.75) is 0 Å². The van der Waals surface area contributed by atoms with Crippen LogP contribution in [0, 0.1) is 0 Å². The summed E-state index contributed by atoms with van der Waals surface area (Å²) >= 11 is 6.03. The molecular weight excluding hydrogens is 388 g/mol. The fourth-order valence-corrected chi connectivity index (χ4v) is 2.88. The summed E-state index contributed by atoms with van der Waals surface area (Å²) in [5.74, 6) is 1.99. The standard InChI is InChI=1S/C20H19ClN8/c21-14-3-1-13(2-4-14)18-16(19-24-8-9-25-19)12-28-20(29-18)26-10-7-23-17-6-5-15(22)11-27-17/h1-6,8-9,11-12H,7,10,22H2,(H,23,27)(H,24,25)(H,26,28,29). The molecule has 8 nitrogen and oxygen atoms in total. The zero-order valence-corrected chi connectivity index (χ0v) is 16.2. The molecule has 0 aliphatic heterocycles. The summed E-state index contributed by atoms with van der Waals surface area (Å²) in [5, 5.41) is 7.11. The Morgan fingerprint density at radius 1 is 0.931 bits per heavy atom. The van der Waals surface area contributed by atoms with Crippen LogP contribution in [0.15, 0.2) is 61.2 Å². The van der Waals surface area contributed by atoms with Crippen molar-refractivity contribution in [3.05, 3.63) is 66.2 Å². The molecule has 0 atom stereocenters. The maximum absolute atomic E-state index is 6.03. The second kappa shape index (κ2) is 8.57. The van der Waals surface area contributed by atoms with Crippen LogP contribution in [0.25, 0.3) is 22.6 Å². The van der Waals surface area contributed by atoms with Crippen LogP contribution in [0.5, 0.6) is 0 Å². The van der Waals surface area contributed by atoms with Gasteiger partial charge in [-0.2, -0.15) is 0 Å². The lowest BCUT2D eigenvalue weighted by molar-refractivity contribution is 1.02. The smallest absolute Gasteiger partial charge is 0.223 e. The van der Waals surface area contributed by atoms with E-state index in [1.807, 2.05) is 30.3 Å². The summed E-state index contributed by atoms with van der Waals surface area (Å²) in [4.78, 5) is 20.8. The minimum Gasteiger partial charge on any atom is -0.397 e. The minimum absolute atomic E-state index is 0.525. The lowest BCUT2D eigenvalue weighted by Gasteiger charge is -2.11. The number of hydrogen-bond donors (Lipinski definition) is 4. The molecule has 1 aromatic carbocycles. The Labute approximate surface area is 172 Å². The number of nitrogens with one attached hydrogen (secondary N) is 3. The maximum atomic E-state index is 6.03. The number of aromatic nitrogens is 5. The highest BCUT2D eigenvalue weighted by Crippen LogP contribution is 2.29. The number of nitrogens with two attached hydrogens (primary N) is 1. The Balaban J connectivity index is 1.50. The van der Waals surface area contributed by atoms with Gasteiger partial charge >= 0.3 is 0 Å². The molecule has 0 saturated heterocycles. The second-order valence-corrected chi connectivity index (χ2v) is 6.67. The first kappa shape index (κ1) is 18.7. The fraction of sp³-hybridized carbons (Fsp3) is 0.100. The number of rotatable bonds is 7. The van der Waals surface area contributed by atoms with Gasteiger partial charge in [0.05, 0.1) is 23.1 Å². The first-order chi connectivity index (χ1) is 14.2. The topological polar surface area (TPSA) is 117 Å². The summed E-state index contributed by atoms with van der Waals surface area (Å²) in [7, 11) is 0. The third-order valence-electron chi connectivity index (χ3n) is 4.16. The molecule has 0 aliphatic carbocycles. The molecule has 0 radical (unpaired) electrons. The van der Waals surface area contributed by atoms with E-state index < -0.39 is 0 Å². The number of anilines is 3. The molecule has 4 rings (SSSR count). The Hall–Kier alpha value is -3.65. The van der Waals surface area contributed by atoms with Crippen LogP contribution in [0.3, 0.4) is 0 Å². The molecule has 0 fully saturated rings. The minimum atomic E-state index is 0.525. The largest absolute Gasteiger partial charge is 0.397 e. The van der Waals surface area contributed by atoms with Crippen LogP contribution < -0.4 is 16.4 Å². The van der Waals surface area contributed by atoms with E-state index in [0.29, 0.717) is 35.6 Å². The fourth-order valence-electron chi connectivity index (χ4n) is 2.76. The highest BCUT2D eigenvalue weighted by atomic mass is 35.5. The van der Waals surface area contributed by atoms with Crippen molar-refractivity contribution in [2.24, 2.45) is 0 Å². The van der Waals surface area contributed by atoms with Gasteiger partial charge in [-0.05, 0) is 24.3 Å². The van der Waals surface area contributed by atoms with Crippen LogP contribution in [-0.4, -0.2) is 38.0 Å². The molecule has 9 heteroatoms. The van der Waals surface area contributed by atoms with E-state index in [1.165, 1.54) is 0 Å². The molecule has 0 spiro atoms. The van der Waals surface area contributed by atoms with Crippen LogP contribution in [0.1, 0.15) is 0 Å². The van der Waals surface area contributed by atoms with E-state index in [4.69, 9.17) is 22.3 Å². The number of pyridine rings is 1. The lowest BCUT2D eigenvalue weighted by Crippen LogP contribution is -2.16. The Morgan fingerprint density at radius 3 is 2.48 bits per heavy atom. The van der Waals surface area contributed by atoms with E-state index in [0.717, 1.165) is 22.6 Å². The molecule has 0 bridgehead atoms. The molecule has 0 amide bonds. The normalized spacial score (nSPS) is 10.7. The van der Waals surface area contributed by atoms with Crippen molar-refractivity contribution in [2.75, 3.05) is 29.5 Å². The average molecular weight is 407 g/mol. The van der Waals surface area contributed by atoms with Crippen molar-refractivity contribution in [3.63, 3.8) is 0 Å². The third kappa shape index (κ3) is 4.61. The molecule has 5 N–H and O–H groups in total. The van der Waals surface area contributed by atoms with Crippen molar-refractivity contribution >= 4 is 29.1 Å². The molecule has 146 valence electrons. The Bertz CT molecular complexity index is 1060. The quantitative estimate of drug-likeness (QED) is 0.346. The van der Waals surface area contributed by atoms with E-state index in [-0.39, 0.29) is 0 Å². The van der Waals surface area contributed by atoms with Gasteiger partial charge in [0, 0.05) is 42.3 Å². The van der Waals surface area contributed by atoms with E-state index >= 15 is 0 Å². The molecule has 0 aliphatic rings. The lowest BCUT2D eigenvalue weighted by atomic mass is 10.1. The first-order valence-electron chi connectivity index (χ1n) is 9.01. The Kier molecular flexibility index (Phi) is 5.53. The van der Waals surface area contributed by atoms with Crippen molar-refractivity contribution in [3.8, 4) is 22.6 Å². The highest BCUT2D eigenvalue weighted by Gasteiger charge is 2.13. The first-order valence-corrected chi connectivity index (χ1v) is 9.39. The zero-order valence-electron chi connectivity index (χ0n) is 15.4. The van der Waals surface area contributed by atoms with Crippen LogP contribution in [0.2, 0.25) is 5.02 Å². The third-order valence-corrected chi connectivity index (χ3v) is 4.41. The van der Waals surface area contributed by atoms with Crippen molar-refractivity contribution in [1.29, 1.82) is 0 Å². The maximum Gasteiger partial charge on any atom is 0.223 e. The van der Waals surface area contributed by atoms with E-state index in [1.54, 1.807) is 30.9 Å². The number of nitrogen functional groups attached to an aromatic ring is 1. The monoisotopic (exact) mass is 406 g/mol. The van der Waals surface area contributed by atoms with Gasteiger partial charge in [-0.25, -0.2) is 19.9 Å². The zero-order chi connectivity index (χ0) is 20.1. The van der Waals surface area contributed by atoms with E-state index in [9.17, 15) is 0 Å². The summed E-state index contributed by atoms with van der Waals surface area (Å²) < 4.78 is 0. The van der Waals surface area contributed by atoms with Crippen LogP contribution in [0.4, 0.5) is 17.5 Å². The Morgan fingerprint density at radius 2 is 1.76 bits per heavy atom. The molecule has 4 aromatic rings. The van der Waals surface area contributed by atoms with Crippen LogP contribution in [-0.2, 0) is 0 Å². The number of H-pyrrole nitrogens is 1. The van der Waals surface area contributed by atoms with Crippen LogP contribution >= 0.6 is 11.6 Å². The molecular formula is C20H19ClN8. The van der Waals surface area contributed by atoms with E-state index in [2.05, 4.69) is 30.6 Å². The highest BCUT2D eigenvalue weighted by molar-refractivity contribution is 6.30. The summed E-state index contributed by atoms with van der Waals surface area (Å²) in [6, 6.07) is 11.2. The molecule has 0 unspecified atom stereocenters. The number of benzene rings is 1. The van der Waals surface area contributed by atoms with Gasteiger partial charge in [0.2, 0.25) is 5.95 Å². The molecule has 3 aromatic heterocycles.